The minimum atomic E-state index is -0.357. The Bertz CT molecular complexity index is 708. The maximum absolute atomic E-state index is 11.5. The van der Waals surface area contributed by atoms with Gasteiger partial charge in [-0.25, -0.2) is 9.78 Å². The minimum Gasteiger partial charge on any atom is -0.465 e. The van der Waals surface area contributed by atoms with Gasteiger partial charge in [0.25, 0.3) is 0 Å². The van der Waals surface area contributed by atoms with Crippen LogP contribution < -0.4 is 4.90 Å². The first-order valence-corrected chi connectivity index (χ1v) is 9.55. The number of nitrogens with zero attached hydrogens (tertiary/aromatic N) is 3. The van der Waals surface area contributed by atoms with Crippen LogP contribution in [0.2, 0.25) is 0 Å². The molecule has 1 aliphatic heterocycles. The van der Waals surface area contributed by atoms with Crippen molar-refractivity contribution in [2.45, 2.75) is 16.5 Å². The topological polar surface area (TPSA) is 45.7 Å². The molecule has 1 aromatic carbocycles. The number of esters is 1. The Kier molecular flexibility index (Phi) is 5.90. The van der Waals surface area contributed by atoms with Crippen molar-refractivity contribution in [2.75, 3.05) is 32.1 Å². The van der Waals surface area contributed by atoms with E-state index in [1.54, 1.807) is 12.3 Å². The number of ether oxygens (including phenoxy) is 1. The van der Waals surface area contributed by atoms with E-state index in [0.717, 1.165) is 25.3 Å². The highest BCUT2D eigenvalue weighted by Gasteiger charge is 2.30. The van der Waals surface area contributed by atoms with Gasteiger partial charge in [-0.15, -0.1) is 0 Å². The number of carbonyl (C=O) groups excluding carboxylic acids is 1. The summed E-state index contributed by atoms with van der Waals surface area (Å²) in [6, 6.07) is 14.7. The van der Waals surface area contributed by atoms with Crippen LogP contribution in [0.5, 0.6) is 0 Å². The Balaban J connectivity index is 1.64. The Labute approximate surface area is 162 Å². The average molecular weight is 451 g/mol. The van der Waals surface area contributed by atoms with Crippen LogP contribution in [-0.4, -0.2) is 49.1 Å². The summed E-state index contributed by atoms with van der Waals surface area (Å²) >= 11 is 2.51. The van der Waals surface area contributed by atoms with E-state index in [4.69, 9.17) is 4.74 Å². The third-order valence-corrected chi connectivity index (χ3v) is 6.18. The highest BCUT2D eigenvalue weighted by Crippen LogP contribution is 2.32. The zero-order valence-corrected chi connectivity index (χ0v) is 16.6. The largest absolute Gasteiger partial charge is 0.465 e. The fraction of sp³-hybridized carbons (Fsp3) is 0.368. The van der Waals surface area contributed by atoms with Crippen molar-refractivity contribution in [3.63, 3.8) is 0 Å². The summed E-state index contributed by atoms with van der Waals surface area (Å²) in [4.78, 5) is 20.6. The lowest BCUT2D eigenvalue weighted by atomic mass is 10.2. The molecular weight excluding hydrogens is 429 g/mol. The Morgan fingerprint density at radius 2 is 2.08 bits per heavy atom. The molecule has 132 valence electrons. The fourth-order valence-electron chi connectivity index (χ4n) is 3.13. The van der Waals surface area contributed by atoms with E-state index in [1.165, 1.54) is 12.7 Å². The van der Waals surface area contributed by atoms with Gasteiger partial charge in [-0.3, -0.25) is 4.90 Å². The fourth-order valence-corrected chi connectivity index (χ4v) is 4.05. The first-order valence-electron chi connectivity index (χ1n) is 8.30. The molecule has 0 saturated carbocycles. The number of hydrogen-bond donors (Lipinski definition) is 0. The van der Waals surface area contributed by atoms with E-state index < -0.39 is 0 Å². The predicted octanol–water partition coefficient (Wildman–Crippen LogP) is 3.51. The molecule has 25 heavy (non-hydrogen) atoms. The molecule has 0 bridgehead atoms. The number of alkyl halides is 1. The second kappa shape index (κ2) is 8.14. The van der Waals surface area contributed by atoms with Gasteiger partial charge in [-0.05, 0) is 24.1 Å². The number of aromatic nitrogens is 1. The van der Waals surface area contributed by atoms with Crippen LogP contribution >= 0.6 is 22.6 Å². The number of likely N-dealkylation sites (N-methyl/N-ethyl adjacent to an activating group) is 1. The monoisotopic (exact) mass is 451 g/mol. The number of anilines is 1. The summed E-state index contributed by atoms with van der Waals surface area (Å²) in [5.74, 6) is 0.522. The Morgan fingerprint density at radius 3 is 2.72 bits per heavy atom. The van der Waals surface area contributed by atoms with Crippen molar-refractivity contribution < 1.29 is 9.53 Å². The molecular formula is C19H22IN3O2. The zero-order valence-electron chi connectivity index (χ0n) is 14.4. The van der Waals surface area contributed by atoms with Gasteiger partial charge in [-0.1, -0.05) is 52.9 Å². The van der Waals surface area contributed by atoms with Gasteiger partial charge in [-0.2, -0.15) is 0 Å². The maximum atomic E-state index is 11.5. The summed E-state index contributed by atoms with van der Waals surface area (Å²) in [5, 5.41) is 0. The zero-order chi connectivity index (χ0) is 17.8. The van der Waals surface area contributed by atoms with Gasteiger partial charge in [0.05, 0.1) is 16.7 Å². The van der Waals surface area contributed by atoms with Crippen molar-refractivity contribution in [2.24, 2.45) is 0 Å². The lowest BCUT2D eigenvalue weighted by Gasteiger charge is -2.27. The second-order valence-corrected chi connectivity index (χ2v) is 7.37. The summed E-state index contributed by atoms with van der Waals surface area (Å²) in [5.41, 5.74) is 1.82. The van der Waals surface area contributed by atoms with Gasteiger partial charge < -0.3 is 9.64 Å². The number of hydrogen-bond acceptors (Lipinski definition) is 5. The molecule has 0 amide bonds. The normalized spacial score (nSPS) is 18.8. The van der Waals surface area contributed by atoms with Crippen molar-refractivity contribution in [1.82, 2.24) is 9.88 Å². The van der Waals surface area contributed by atoms with Crippen LogP contribution in [0.15, 0.2) is 48.7 Å². The lowest BCUT2D eigenvalue weighted by molar-refractivity contribution is 0.0600. The molecule has 6 heteroatoms. The van der Waals surface area contributed by atoms with Gasteiger partial charge >= 0.3 is 5.97 Å². The van der Waals surface area contributed by atoms with Crippen molar-refractivity contribution in [3.8, 4) is 0 Å². The van der Waals surface area contributed by atoms with Crippen LogP contribution in [0.3, 0.4) is 0 Å². The summed E-state index contributed by atoms with van der Waals surface area (Å²) in [7, 11) is 3.45. The molecule has 3 rings (SSSR count). The number of carbonyl (C=O) groups is 1. The van der Waals surface area contributed by atoms with Gasteiger partial charge in [0.2, 0.25) is 0 Å². The molecule has 1 aromatic heterocycles. The highest BCUT2D eigenvalue weighted by molar-refractivity contribution is 14.1. The van der Waals surface area contributed by atoms with Gasteiger partial charge in [0.1, 0.15) is 5.82 Å². The number of rotatable bonds is 5. The molecule has 0 N–H and O–H groups in total. The predicted molar refractivity (Wildman–Crippen MR) is 107 cm³/mol. The molecule has 0 radical (unpaired) electrons. The quantitative estimate of drug-likeness (QED) is 0.302. The van der Waals surface area contributed by atoms with Gasteiger partial charge in [0.15, 0.2) is 0 Å². The molecule has 0 aliphatic carbocycles. The van der Waals surface area contributed by atoms with Crippen LogP contribution in [0.4, 0.5) is 5.82 Å². The Morgan fingerprint density at radius 1 is 1.32 bits per heavy atom. The SMILES string of the molecule is COC(=O)c1ccc(N(C)C2CCN(C(I)c3ccccc3)C2)nc1. The summed E-state index contributed by atoms with van der Waals surface area (Å²) in [6.45, 7) is 2.07. The van der Waals surface area contributed by atoms with E-state index in [2.05, 4.69) is 74.8 Å². The van der Waals surface area contributed by atoms with E-state index in [0.29, 0.717) is 15.7 Å². The van der Waals surface area contributed by atoms with E-state index in [1.807, 2.05) is 6.07 Å². The number of likely N-dealkylation sites (tertiary alicyclic amines) is 1. The molecule has 2 aromatic rings. The van der Waals surface area contributed by atoms with E-state index in [-0.39, 0.29) is 5.97 Å². The lowest BCUT2D eigenvalue weighted by Crippen LogP contribution is -2.35. The number of halogens is 1. The van der Waals surface area contributed by atoms with Crippen LogP contribution in [0.25, 0.3) is 0 Å². The molecule has 2 heterocycles. The molecule has 2 atom stereocenters. The number of benzene rings is 1. The first kappa shape index (κ1) is 18.1. The van der Waals surface area contributed by atoms with Crippen molar-refractivity contribution >= 4 is 34.4 Å². The maximum Gasteiger partial charge on any atom is 0.339 e. The standard InChI is InChI=1S/C19H22IN3O2/c1-22(17-9-8-15(12-21-17)19(24)25-2)16-10-11-23(13-16)18(20)14-6-4-3-5-7-14/h3-9,12,16,18H,10-11,13H2,1-2H3. The molecule has 1 aliphatic rings. The molecule has 1 saturated heterocycles. The molecule has 2 unspecified atom stereocenters. The third kappa shape index (κ3) is 4.12. The first-order chi connectivity index (χ1) is 12.1. The van der Waals surface area contributed by atoms with E-state index >= 15 is 0 Å². The highest BCUT2D eigenvalue weighted by atomic mass is 127. The summed E-state index contributed by atoms with van der Waals surface area (Å²) < 4.78 is 5.10. The second-order valence-electron chi connectivity index (χ2n) is 6.19. The number of methoxy groups -OCH3 is 1. The average Bonchev–Trinajstić information content (AvgIpc) is 3.17. The minimum absolute atomic E-state index is 0.357. The third-order valence-electron chi connectivity index (χ3n) is 4.67. The Hall–Kier alpha value is -1.67. The molecule has 1 fully saturated rings. The van der Waals surface area contributed by atoms with Crippen molar-refractivity contribution in [3.05, 3.63) is 59.8 Å². The van der Waals surface area contributed by atoms with Crippen LogP contribution in [0, 0.1) is 0 Å². The molecule has 0 spiro atoms. The van der Waals surface area contributed by atoms with Crippen LogP contribution in [0.1, 0.15) is 26.4 Å². The molecule has 5 nitrogen and oxygen atoms in total. The van der Waals surface area contributed by atoms with Crippen LogP contribution in [-0.2, 0) is 4.74 Å². The number of pyridine rings is 1. The smallest absolute Gasteiger partial charge is 0.339 e. The van der Waals surface area contributed by atoms with Crippen molar-refractivity contribution in [1.29, 1.82) is 0 Å². The van der Waals surface area contributed by atoms with E-state index in [9.17, 15) is 4.79 Å². The van der Waals surface area contributed by atoms with Gasteiger partial charge in [0, 0.05) is 32.4 Å². The summed E-state index contributed by atoms with van der Waals surface area (Å²) in [6.07, 6.45) is 2.68.